The van der Waals surface area contributed by atoms with E-state index >= 15 is 0 Å². The summed E-state index contributed by atoms with van der Waals surface area (Å²) in [5.41, 5.74) is 0. The van der Waals surface area contributed by atoms with Crippen molar-refractivity contribution in [2.24, 2.45) is 5.92 Å². The summed E-state index contributed by atoms with van der Waals surface area (Å²) in [5, 5.41) is 9.09. The van der Waals surface area contributed by atoms with E-state index in [9.17, 15) is 4.79 Å². The van der Waals surface area contributed by atoms with Gasteiger partial charge in [0.2, 0.25) is 5.91 Å². The number of amides is 1. The molecule has 2 atom stereocenters. The lowest BCUT2D eigenvalue weighted by molar-refractivity contribution is -0.135. The number of rotatable bonds is 3. The molecule has 1 N–H and O–H groups in total. The maximum atomic E-state index is 12.2. The van der Waals surface area contributed by atoms with Crippen molar-refractivity contribution >= 4 is 5.91 Å². The van der Waals surface area contributed by atoms with Gasteiger partial charge in [-0.25, -0.2) is 0 Å². The highest BCUT2D eigenvalue weighted by molar-refractivity contribution is 5.78. The molecule has 0 aliphatic carbocycles. The van der Waals surface area contributed by atoms with Crippen LogP contribution in [0, 0.1) is 5.92 Å². The Morgan fingerprint density at radius 1 is 1.29 bits per heavy atom. The summed E-state index contributed by atoms with van der Waals surface area (Å²) in [6, 6.07) is 0.410. The quantitative estimate of drug-likeness (QED) is 0.790. The van der Waals surface area contributed by atoms with Crippen LogP contribution < -0.4 is 0 Å². The van der Waals surface area contributed by atoms with Crippen LogP contribution in [0.5, 0.6) is 0 Å². The Bertz CT molecular complexity index is 270. The van der Waals surface area contributed by atoms with Crippen molar-refractivity contribution in [3.05, 3.63) is 0 Å². The van der Waals surface area contributed by atoms with E-state index in [-0.39, 0.29) is 12.5 Å². The standard InChI is InChI=1S/C13H24N2O2/c1-11-4-2-3-6-15(11)13(17)9-14-7-5-12(8-14)10-16/h11-12,16H,2-10H2,1H3/t11-,12-/m0/s1. The normalized spacial score (nSPS) is 30.8. The monoisotopic (exact) mass is 240 g/mol. The molecule has 4 nitrogen and oxygen atoms in total. The highest BCUT2D eigenvalue weighted by atomic mass is 16.3. The number of aliphatic hydroxyl groups excluding tert-OH is 1. The number of piperidine rings is 1. The Labute approximate surface area is 104 Å². The second-order valence-corrected chi connectivity index (χ2v) is 5.50. The van der Waals surface area contributed by atoms with Crippen molar-refractivity contribution in [2.75, 3.05) is 32.8 Å². The Hall–Kier alpha value is -0.610. The topological polar surface area (TPSA) is 43.8 Å². The fourth-order valence-corrected chi connectivity index (χ4v) is 2.96. The first-order valence-corrected chi connectivity index (χ1v) is 6.83. The summed E-state index contributed by atoms with van der Waals surface area (Å²) < 4.78 is 0. The lowest BCUT2D eigenvalue weighted by Crippen LogP contribution is -2.46. The Balaban J connectivity index is 1.80. The van der Waals surface area contributed by atoms with Crippen LogP contribution in [0.15, 0.2) is 0 Å². The van der Waals surface area contributed by atoms with Gasteiger partial charge in [-0.3, -0.25) is 9.69 Å². The van der Waals surface area contributed by atoms with E-state index in [1.165, 1.54) is 6.42 Å². The number of hydrogen-bond acceptors (Lipinski definition) is 3. The Kier molecular flexibility index (Phi) is 4.40. The third-order valence-electron chi connectivity index (χ3n) is 4.11. The van der Waals surface area contributed by atoms with Crippen molar-refractivity contribution in [3.8, 4) is 0 Å². The second-order valence-electron chi connectivity index (χ2n) is 5.50. The lowest BCUT2D eigenvalue weighted by atomic mass is 10.0. The van der Waals surface area contributed by atoms with E-state index in [0.717, 1.165) is 38.9 Å². The highest BCUT2D eigenvalue weighted by Gasteiger charge is 2.28. The van der Waals surface area contributed by atoms with Crippen LogP contribution in [0.3, 0.4) is 0 Å². The van der Waals surface area contributed by atoms with Gasteiger partial charge >= 0.3 is 0 Å². The van der Waals surface area contributed by atoms with Gasteiger partial charge in [0.25, 0.3) is 0 Å². The smallest absolute Gasteiger partial charge is 0.236 e. The molecule has 0 aromatic rings. The van der Waals surface area contributed by atoms with E-state index in [2.05, 4.69) is 11.8 Å². The largest absolute Gasteiger partial charge is 0.396 e. The molecule has 2 fully saturated rings. The zero-order valence-electron chi connectivity index (χ0n) is 10.8. The van der Waals surface area contributed by atoms with Gasteiger partial charge in [-0.2, -0.15) is 0 Å². The third-order valence-corrected chi connectivity index (χ3v) is 4.11. The fourth-order valence-electron chi connectivity index (χ4n) is 2.96. The van der Waals surface area contributed by atoms with Gasteiger partial charge in [-0.1, -0.05) is 0 Å². The van der Waals surface area contributed by atoms with Gasteiger partial charge in [-0.15, -0.1) is 0 Å². The molecule has 0 bridgehead atoms. The van der Waals surface area contributed by atoms with Gasteiger partial charge in [0, 0.05) is 25.7 Å². The van der Waals surface area contributed by atoms with Crippen molar-refractivity contribution in [1.29, 1.82) is 0 Å². The van der Waals surface area contributed by atoms with E-state index in [4.69, 9.17) is 5.11 Å². The summed E-state index contributed by atoms with van der Waals surface area (Å²) in [6.45, 7) is 5.71. The molecule has 0 aromatic carbocycles. The molecule has 0 aromatic heterocycles. The van der Waals surface area contributed by atoms with E-state index < -0.39 is 0 Å². The van der Waals surface area contributed by atoms with E-state index in [0.29, 0.717) is 18.5 Å². The van der Waals surface area contributed by atoms with Crippen LogP contribution in [0.25, 0.3) is 0 Å². The molecule has 2 aliphatic heterocycles. The minimum Gasteiger partial charge on any atom is -0.396 e. The van der Waals surface area contributed by atoms with Crippen LogP contribution in [0.2, 0.25) is 0 Å². The first-order valence-electron chi connectivity index (χ1n) is 6.83. The number of carbonyl (C=O) groups is 1. The zero-order chi connectivity index (χ0) is 12.3. The van der Waals surface area contributed by atoms with E-state index in [1.54, 1.807) is 0 Å². The van der Waals surface area contributed by atoms with Crippen molar-refractivity contribution < 1.29 is 9.90 Å². The number of nitrogens with zero attached hydrogens (tertiary/aromatic N) is 2. The number of carbonyl (C=O) groups excluding carboxylic acids is 1. The molecule has 0 saturated carbocycles. The molecule has 2 heterocycles. The molecular formula is C13H24N2O2. The van der Waals surface area contributed by atoms with Gasteiger partial charge in [0.1, 0.15) is 0 Å². The van der Waals surface area contributed by atoms with Crippen LogP contribution in [-0.2, 0) is 4.79 Å². The molecular weight excluding hydrogens is 216 g/mol. The Morgan fingerprint density at radius 2 is 2.12 bits per heavy atom. The Morgan fingerprint density at radius 3 is 2.76 bits per heavy atom. The third kappa shape index (κ3) is 3.19. The zero-order valence-corrected chi connectivity index (χ0v) is 10.8. The first-order chi connectivity index (χ1) is 8.20. The maximum absolute atomic E-state index is 12.2. The van der Waals surface area contributed by atoms with Crippen LogP contribution in [0.1, 0.15) is 32.6 Å². The summed E-state index contributed by atoms with van der Waals surface area (Å²) in [6.07, 6.45) is 4.57. The summed E-state index contributed by atoms with van der Waals surface area (Å²) in [7, 11) is 0. The number of hydrogen-bond donors (Lipinski definition) is 1. The summed E-state index contributed by atoms with van der Waals surface area (Å²) >= 11 is 0. The van der Waals surface area contributed by atoms with Crippen molar-refractivity contribution in [2.45, 2.75) is 38.6 Å². The summed E-state index contributed by atoms with van der Waals surface area (Å²) in [5.74, 6) is 0.650. The molecule has 2 saturated heterocycles. The molecule has 0 unspecified atom stereocenters. The molecule has 17 heavy (non-hydrogen) atoms. The molecule has 0 radical (unpaired) electrons. The van der Waals surface area contributed by atoms with Gasteiger partial charge < -0.3 is 10.0 Å². The van der Waals surface area contributed by atoms with Crippen molar-refractivity contribution in [1.82, 2.24) is 9.80 Å². The van der Waals surface area contributed by atoms with Gasteiger partial charge in [0.15, 0.2) is 0 Å². The lowest BCUT2D eigenvalue weighted by Gasteiger charge is -2.34. The average molecular weight is 240 g/mol. The number of likely N-dealkylation sites (tertiary alicyclic amines) is 2. The van der Waals surface area contributed by atoms with Crippen LogP contribution in [-0.4, -0.2) is 59.6 Å². The molecule has 2 aliphatic rings. The summed E-state index contributed by atoms with van der Waals surface area (Å²) in [4.78, 5) is 16.4. The van der Waals surface area contributed by atoms with Crippen LogP contribution >= 0.6 is 0 Å². The first kappa shape index (κ1) is 12.8. The molecule has 98 valence electrons. The molecule has 0 spiro atoms. The highest BCUT2D eigenvalue weighted by Crippen LogP contribution is 2.19. The molecule has 4 heteroatoms. The van der Waals surface area contributed by atoms with Gasteiger partial charge in [-0.05, 0) is 45.1 Å². The predicted octanol–water partition coefficient (Wildman–Crippen LogP) is 0.702. The predicted molar refractivity (Wildman–Crippen MR) is 66.7 cm³/mol. The molecule has 2 rings (SSSR count). The maximum Gasteiger partial charge on any atom is 0.236 e. The van der Waals surface area contributed by atoms with E-state index in [1.807, 2.05) is 4.90 Å². The number of aliphatic hydroxyl groups is 1. The molecule has 1 amide bonds. The van der Waals surface area contributed by atoms with Gasteiger partial charge in [0.05, 0.1) is 6.54 Å². The van der Waals surface area contributed by atoms with Crippen LogP contribution in [0.4, 0.5) is 0 Å². The minimum atomic E-state index is 0.255. The second kappa shape index (κ2) is 5.83. The average Bonchev–Trinajstić information content (AvgIpc) is 2.77. The van der Waals surface area contributed by atoms with Crippen molar-refractivity contribution in [3.63, 3.8) is 0 Å². The fraction of sp³-hybridized carbons (Fsp3) is 0.923. The minimum absolute atomic E-state index is 0.255. The SMILES string of the molecule is C[C@H]1CCCCN1C(=O)CN1CC[C@H](CO)C1.